The van der Waals surface area contributed by atoms with E-state index in [0.29, 0.717) is 5.56 Å². The van der Waals surface area contributed by atoms with Gasteiger partial charge in [0.05, 0.1) is 18.7 Å². The molecule has 1 heterocycles. The summed E-state index contributed by atoms with van der Waals surface area (Å²) in [6.45, 7) is 7.63. The van der Waals surface area contributed by atoms with Crippen molar-refractivity contribution >= 4 is 5.97 Å². The van der Waals surface area contributed by atoms with Crippen molar-refractivity contribution in [1.29, 1.82) is 0 Å². The second-order valence-electron chi connectivity index (χ2n) is 5.74. The van der Waals surface area contributed by atoms with E-state index < -0.39 is 0 Å². The van der Waals surface area contributed by atoms with Crippen LogP contribution in [0, 0.1) is 5.92 Å². The molecule has 112 valence electrons. The summed E-state index contributed by atoms with van der Waals surface area (Å²) in [5.41, 5.74) is 0.636. The number of esters is 1. The number of carbonyl (C=O) groups is 1. The van der Waals surface area contributed by atoms with Crippen molar-refractivity contribution in [2.75, 3.05) is 19.6 Å². The second kappa shape index (κ2) is 8.28. The van der Waals surface area contributed by atoms with E-state index in [4.69, 9.17) is 4.74 Å². The Morgan fingerprint density at radius 1 is 1.40 bits per heavy atom. The van der Waals surface area contributed by atoms with Crippen molar-refractivity contribution in [3.63, 3.8) is 0 Å². The van der Waals surface area contributed by atoms with Crippen LogP contribution in [0.5, 0.6) is 0 Å². The number of nitrogens with one attached hydrogen (secondary N) is 1. The lowest BCUT2D eigenvalue weighted by Crippen LogP contribution is -3.14. The Morgan fingerprint density at radius 2 is 2.10 bits per heavy atom. The maximum absolute atomic E-state index is 11.9. The molecule has 0 amide bonds. The number of ether oxygens (including phenoxy) is 1. The van der Waals surface area contributed by atoms with Crippen LogP contribution in [-0.4, -0.2) is 31.7 Å². The second-order valence-corrected chi connectivity index (χ2v) is 5.74. The van der Waals surface area contributed by atoms with Gasteiger partial charge < -0.3 is 22.0 Å². The number of likely N-dealkylation sites (tertiary alicyclic amines) is 1. The molecule has 1 aromatic carbocycles. The van der Waals surface area contributed by atoms with Crippen LogP contribution in [0.1, 0.15) is 37.0 Å². The third-order valence-electron chi connectivity index (χ3n) is 3.76. The van der Waals surface area contributed by atoms with Crippen molar-refractivity contribution in [2.24, 2.45) is 5.92 Å². The summed E-state index contributed by atoms with van der Waals surface area (Å²) in [7, 11) is 0. The lowest BCUT2D eigenvalue weighted by molar-refractivity contribution is -0.911. The van der Waals surface area contributed by atoms with Crippen molar-refractivity contribution in [2.45, 2.75) is 32.8 Å². The molecule has 0 aromatic heterocycles. The number of hydrogen-bond donors (Lipinski definition) is 1. The van der Waals surface area contributed by atoms with E-state index in [1.54, 1.807) is 17.0 Å². The molecule has 1 N–H and O–H groups in total. The number of quaternary nitrogens is 1. The molecule has 0 spiro atoms. The van der Waals surface area contributed by atoms with Crippen molar-refractivity contribution in [3.8, 4) is 0 Å². The highest BCUT2D eigenvalue weighted by Gasteiger charge is 2.23. The topological polar surface area (TPSA) is 30.7 Å². The molecule has 1 fully saturated rings. The number of rotatable bonds is 4. The lowest BCUT2D eigenvalue weighted by atomic mass is 10.0. The van der Waals surface area contributed by atoms with E-state index in [-0.39, 0.29) is 24.5 Å². The quantitative estimate of drug-likeness (QED) is 0.690. The van der Waals surface area contributed by atoms with Crippen LogP contribution < -0.4 is 17.3 Å². The van der Waals surface area contributed by atoms with E-state index in [9.17, 15) is 4.79 Å². The normalized spacial score (nSPS) is 23.5. The Hall–Kier alpha value is -1.06. The van der Waals surface area contributed by atoms with Gasteiger partial charge in [-0.05, 0) is 31.9 Å². The van der Waals surface area contributed by atoms with Crippen LogP contribution in [-0.2, 0) is 4.74 Å². The molecule has 1 saturated heterocycles. The lowest BCUT2D eigenvalue weighted by Gasteiger charge is -2.29. The molecule has 3 nitrogen and oxygen atoms in total. The Morgan fingerprint density at radius 3 is 2.75 bits per heavy atom. The molecule has 3 unspecified atom stereocenters. The summed E-state index contributed by atoms with van der Waals surface area (Å²) in [6.07, 6.45) is 2.60. The van der Waals surface area contributed by atoms with Gasteiger partial charge in [-0.1, -0.05) is 25.1 Å². The van der Waals surface area contributed by atoms with E-state index in [1.165, 1.54) is 25.9 Å². The molecule has 0 bridgehead atoms. The summed E-state index contributed by atoms with van der Waals surface area (Å²) >= 11 is 0. The highest BCUT2D eigenvalue weighted by Crippen LogP contribution is 2.06. The molecule has 0 radical (unpaired) electrons. The van der Waals surface area contributed by atoms with Crippen LogP contribution in [0.3, 0.4) is 0 Å². The standard InChI is InChI=1S/C16H23NO2.ClH/c1-13-7-6-10-17(11-13)12-14(2)19-16(18)15-8-4-3-5-9-15;/h3-5,8-9,13-14H,6-7,10-12H2,1-2H3;1H. The smallest absolute Gasteiger partial charge is 0.338 e. The molecule has 1 aliphatic rings. The minimum absolute atomic E-state index is 0. The minimum atomic E-state index is -0.211. The maximum atomic E-state index is 11.9. The third-order valence-corrected chi connectivity index (χ3v) is 3.76. The number of halogens is 1. The third kappa shape index (κ3) is 5.14. The first-order valence-corrected chi connectivity index (χ1v) is 7.24. The Bertz CT molecular complexity index is 410. The first-order valence-electron chi connectivity index (χ1n) is 7.24. The molecule has 1 aromatic rings. The zero-order chi connectivity index (χ0) is 13.7. The van der Waals surface area contributed by atoms with Crippen molar-refractivity contribution in [3.05, 3.63) is 35.9 Å². The van der Waals surface area contributed by atoms with Gasteiger partial charge in [0.2, 0.25) is 0 Å². The molecule has 20 heavy (non-hydrogen) atoms. The first-order chi connectivity index (χ1) is 9.15. The summed E-state index contributed by atoms with van der Waals surface area (Å²) in [6, 6.07) is 9.22. The minimum Gasteiger partial charge on any atom is -1.00 e. The van der Waals surface area contributed by atoms with Gasteiger partial charge in [-0.15, -0.1) is 0 Å². The molecule has 0 saturated carbocycles. The van der Waals surface area contributed by atoms with E-state index >= 15 is 0 Å². The monoisotopic (exact) mass is 297 g/mol. The van der Waals surface area contributed by atoms with Gasteiger partial charge in [-0.25, -0.2) is 4.79 Å². The number of carbonyl (C=O) groups excluding carboxylic acids is 1. The zero-order valence-electron chi connectivity index (χ0n) is 12.3. The van der Waals surface area contributed by atoms with Gasteiger partial charge in [-0.2, -0.15) is 0 Å². The van der Waals surface area contributed by atoms with Gasteiger partial charge in [0, 0.05) is 5.92 Å². The van der Waals surface area contributed by atoms with Crippen LogP contribution in [0.15, 0.2) is 30.3 Å². The van der Waals surface area contributed by atoms with Gasteiger partial charge in [-0.3, -0.25) is 0 Å². The van der Waals surface area contributed by atoms with Crippen LogP contribution >= 0.6 is 0 Å². The van der Waals surface area contributed by atoms with Gasteiger partial charge in [0.25, 0.3) is 0 Å². The van der Waals surface area contributed by atoms with E-state index in [0.717, 1.165) is 12.5 Å². The zero-order valence-corrected chi connectivity index (χ0v) is 13.0. The summed E-state index contributed by atoms with van der Waals surface area (Å²) in [5.74, 6) is 0.582. The fourth-order valence-electron chi connectivity index (χ4n) is 2.86. The van der Waals surface area contributed by atoms with E-state index in [1.807, 2.05) is 25.1 Å². The Labute approximate surface area is 127 Å². The molecule has 4 heteroatoms. The first kappa shape index (κ1) is 17.0. The number of benzene rings is 1. The number of hydrogen-bond acceptors (Lipinski definition) is 2. The fraction of sp³-hybridized carbons (Fsp3) is 0.562. The van der Waals surface area contributed by atoms with Crippen LogP contribution in [0.2, 0.25) is 0 Å². The molecule has 1 aliphatic heterocycles. The van der Waals surface area contributed by atoms with Gasteiger partial charge in [0.15, 0.2) is 0 Å². The highest BCUT2D eigenvalue weighted by atomic mass is 35.5. The van der Waals surface area contributed by atoms with Gasteiger partial charge >= 0.3 is 5.97 Å². The Balaban J connectivity index is 0.00000200. The molecule has 0 aliphatic carbocycles. The highest BCUT2D eigenvalue weighted by molar-refractivity contribution is 5.89. The summed E-state index contributed by atoms with van der Waals surface area (Å²) in [4.78, 5) is 13.5. The number of piperidine rings is 1. The fourth-order valence-corrected chi connectivity index (χ4v) is 2.86. The van der Waals surface area contributed by atoms with E-state index in [2.05, 4.69) is 6.92 Å². The Kier molecular flexibility index (Phi) is 7.03. The van der Waals surface area contributed by atoms with Crippen LogP contribution in [0.4, 0.5) is 0 Å². The predicted molar refractivity (Wildman–Crippen MR) is 75.3 cm³/mol. The SMILES string of the molecule is CC1CCC[NH+](CC(C)OC(=O)c2ccccc2)C1.[Cl-]. The predicted octanol–water partition coefficient (Wildman–Crippen LogP) is -1.45. The molecular weight excluding hydrogens is 274 g/mol. The average Bonchev–Trinajstić information content (AvgIpc) is 2.39. The summed E-state index contributed by atoms with van der Waals surface area (Å²) < 4.78 is 5.51. The van der Waals surface area contributed by atoms with Gasteiger partial charge in [0.1, 0.15) is 12.6 Å². The average molecular weight is 298 g/mol. The molecule has 3 atom stereocenters. The van der Waals surface area contributed by atoms with Crippen LogP contribution in [0.25, 0.3) is 0 Å². The summed E-state index contributed by atoms with van der Waals surface area (Å²) in [5, 5.41) is 0. The largest absolute Gasteiger partial charge is 1.00 e. The van der Waals surface area contributed by atoms with Crippen molar-refractivity contribution in [1.82, 2.24) is 0 Å². The maximum Gasteiger partial charge on any atom is 0.338 e. The molecular formula is C16H24ClNO2. The molecule has 2 rings (SSSR count). The van der Waals surface area contributed by atoms with Crippen molar-refractivity contribution < 1.29 is 26.8 Å².